The first-order valence-electron chi connectivity index (χ1n) is 6.73. The second kappa shape index (κ2) is 5.07. The summed E-state index contributed by atoms with van der Waals surface area (Å²) in [6.07, 6.45) is 2.75. The first kappa shape index (κ1) is 14.2. The van der Waals surface area contributed by atoms with Crippen molar-refractivity contribution < 1.29 is 9.59 Å². The quantitative estimate of drug-likeness (QED) is 0.590. The smallest absolute Gasteiger partial charge is 0.312 e. The highest BCUT2D eigenvalue weighted by Gasteiger charge is 2.47. The molecule has 2 N–H and O–H groups in total. The third kappa shape index (κ3) is 3.05. The van der Waals surface area contributed by atoms with E-state index in [1.165, 1.54) is 0 Å². The average Bonchev–Trinajstić information content (AvgIpc) is 3.03. The van der Waals surface area contributed by atoms with Gasteiger partial charge in [0.1, 0.15) is 0 Å². The molecule has 2 aliphatic rings. The van der Waals surface area contributed by atoms with Crippen molar-refractivity contribution in [2.75, 3.05) is 19.6 Å². The normalized spacial score (nSPS) is 22.1. The van der Waals surface area contributed by atoms with Crippen LogP contribution in [0.4, 0.5) is 0 Å². The van der Waals surface area contributed by atoms with Crippen LogP contribution in [-0.4, -0.2) is 52.3 Å². The Labute approximate surface area is 119 Å². The molecule has 19 heavy (non-hydrogen) atoms. The second-order valence-electron chi connectivity index (χ2n) is 5.96. The van der Waals surface area contributed by atoms with Crippen LogP contribution in [-0.2, 0) is 9.59 Å². The summed E-state index contributed by atoms with van der Waals surface area (Å²) in [6, 6.07) is 0.0742. The molecule has 106 valence electrons. The molecule has 0 bridgehead atoms. The fraction of sp³-hybridized carbons (Fsp3) is 0.769. The second-order valence-corrected chi connectivity index (χ2v) is 6.49. The van der Waals surface area contributed by atoms with Gasteiger partial charge in [-0.3, -0.25) is 9.59 Å². The number of carbonyl (C=O) groups excluding carboxylic acids is 2. The van der Waals surface area contributed by atoms with Crippen LogP contribution in [0.15, 0.2) is 0 Å². The standard InChI is InChI=1S/C13H21N3O2S/c1-9(2)16-6-5-15(11(17)12(16)18)8-13(3-4-13)7-10(14)19/h9H,3-8H2,1-2H3,(H2,14,19). The van der Waals surface area contributed by atoms with Gasteiger partial charge < -0.3 is 15.5 Å². The van der Waals surface area contributed by atoms with Gasteiger partial charge in [-0.15, -0.1) is 0 Å². The predicted octanol–water partition coefficient (Wildman–Crippen LogP) is 0.522. The molecule has 2 amide bonds. The number of hydrogen-bond acceptors (Lipinski definition) is 3. The third-order valence-electron chi connectivity index (χ3n) is 4.00. The fourth-order valence-corrected chi connectivity index (χ4v) is 2.98. The topological polar surface area (TPSA) is 66.6 Å². The maximum atomic E-state index is 12.1. The average molecular weight is 283 g/mol. The molecule has 0 unspecified atom stereocenters. The van der Waals surface area contributed by atoms with Crippen LogP contribution in [0.3, 0.4) is 0 Å². The first-order valence-corrected chi connectivity index (χ1v) is 7.14. The van der Waals surface area contributed by atoms with Crippen molar-refractivity contribution >= 4 is 29.0 Å². The van der Waals surface area contributed by atoms with Gasteiger partial charge in [-0.05, 0) is 32.1 Å². The maximum Gasteiger partial charge on any atom is 0.312 e. The van der Waals surface area contributed by atoms with E-state index >= 15 is 0 Å². The summed E-state index contributed by atoms with van der Waals surface area (Å²) in [6.45, 7) is 5.69. The zero-order valence-corrected chi connectivity index (χ0v) is 12.3. The lowest BCUT2D eigenvalue weighted by Crippen LogP contribution is -2.57. The maximum absolute atomic E-state index is 12.1. The Hall–Kier alpha value is -1.17. The Balaban J connectivity index is 1.98. The number of thiocarbonyl (C=S) groups is 1. The molecule has 6 heteroatoms. The number of rotatable bonds is 5. The summed E-state index contributed by atoms with van der Waals surface area (Å²) in [5, 5.41) is 0. The van der Waals surface area contributed by atoms with Crippen LogP contribution >= 0.6 is 12.2 Å². The van der Waals surface area contributed by atoms with E-state index in [0.29, 0.717) is 31.0 Å². The van der Waals surface area contributed by atoms with Crippen LogP contribution in [0.2, 0.25) is 0 Å². The molecule has 1 aliphatic carbocycles. The number of nitrogens with zero attached hydrogens (tertiary/aromatic N) is 2. The van der Waals surface area contributed by atoms with Crippen molar-refractivity contribution in [3.8, 4) is 0 Å². The lowest BCUT2D eigenvalue weighted by molar-refractivity contribution is -0.157. The zero-order valence-electron chi connectivity index (χ0n) is 11.5. The number of hydrogen-bond donors (Lipinski definition) is 1. The van der Waals surface area contributed by atoms with Crippen LogP contribution in [0.25, 0.3) is 0 Å². The molecule has 0 spiro atoms. The molecule has 0 aromatic rings. The van der Waals surface area contributed by atoms with E-state index in [0.717, 1.165) is 12.8 Å². The molecule has 1 saturated heterocycles. The Bertz CT molecular complexity index is 418. The Morgan fingerprint density at radius 1 is 1.32 bits per heavy atom. The molecule has 1 saturated carbocycles. The molecule has 5 nitrogen and oxygen atoms in total. The summed E-state index contributed by atoms with van der Waals surface area (Å²) in [5.74, 6) is -0.762. The van der Waals surface area contributed by atoms with Gasteiger partial charge >= 0.3 is 11.8 Å². The molecule has 0 aromatic heterocycles. The molecule has 1 aliphatic heterocycles. The number of piperazine rings is 1. The van der Waals surface area contributed by atoms with Crippen LogP contribution in [0.5, 0.6) is 0 Å². The minimum Gasteiger partial charge on any atom is -0.393 e. The summed E-state index contributed by atoms with van der Waals surface area (Å²) in [5.41, 5.74) is 5.64. The van der Waals surface area contributed by atoms with Gasteiger partial charge in [0.15, 0.2) is 0 Å². The van der Waals surface area contributed by atoms with Crippen LogP contribution in [0, 0.1) is 5.41 Å². The minimum atomic E-state index is -0.382. The van der Waals surface area contributed by atoms with Crippen molar-refractivity contribution in [2.24, 2.45) is 11.1 Å². The lowest BCUT2D eigenvalue weighted by Gasteiger charge is -2.37. The van der Waals surface area contributed by atoms with E-state index in [-0.39, 0.29) is 23.3 Å². The third-order valence-corrected chi connectivity index (χ3v) is 4.14. The molecular weight excluding hydrogens is 262 g/mol. The SMILES string of the molecule is CC(C)N1CCN(CC2(CC(N)=S)CC2)C(=O)C1=O. The first-order chi connectivity index (χ1) is 8.84. The fourth-order valence-electron chi connectivity index (χ4n) is 2.68. The van der Waals surface area contributed by atoms with Crippen molar-refractivity contribution in [1.82, 2.24) is 9.80 Å². The van der Waals surface area contributed by atoms with E-state index in [4.69, 9.17) is 18.0 Å². The highest BCUT2D eigenvalue weighted by molar-refractivity contribution is 7.80. The van der Waals surface area contributed by atoms with Crippen molar-refractivity contribution in [3.63, 3.8) is 0 Å². The number of nitrogens with two attached hydrogens (primary N) is 1. The summed E-state index contributed by atoms with van der Waals surface area (Å²) >= 11 is 4.96. The van der Waals surface area contributed by atoms with E-state index in [1.54, 1.807) is 9.80 Å². The van der Waals surface area contributed by atoms with E-state index < -0.39 is 0 Å². The molecular formula is C13H21N3O2S. The van der Waals surface area contributed by atoms with Crippen LogP contribution in [0.1, 0.15) is 33.1 Å². The predicted molar refractivity (Wildman–Crippen MR) is 76.5 cm³/mol. The van der Waals surface area contributed by atoms with Gasteiger partial charge in [-0.2, -0.15) is 0 Å². The molecule has 1 heterocycles. The molecule has 2 fully saturated rings. The number of amides is 2. The summed E-state index contributed by atoms with van der Waals surface area (Å²) in [7, 11) is 0. The zero-order chi connectivity index (χ0) is 14.2. The van der Waals surface area contributed by atoms with Crippen molar-refractivity contribution in [1.29, 1.82) is 0 Å². The van der Waals surface area contributed by atoms with Gasteiger partial charge in [0.2, 0.25) is 0 Å². The van der Waals surface area contributed by atoms with Gasteiger partial charge in [0.05, 0.1) is 4.99 Å². The highest BCUT2D eigenvalue weighted by Crippen LogP contribution is 2.49. The molecule has 0 atom stereocenters. The molecule has 0 radical (unpaired) electrons. The summed E-state index contributed by atoms with van der Waals surface area (Å²) in [4.78, 5) is 27.9. The Morgan fingerprint density at radius 2 is 1.95 bits per heavy atom. The monoisotopic (exact) mass is 283 g/mol. The number of carbonyl (C=O) groups is 2. The molecule has 0 aromatic carbocycles. The van der Waals surface area contributed by atoms with E-state index in [9.17, 15) is 9.59 Å². The van der Waals surface area contributed by atoms with Gasteiger partial charge in [0.25, 0.3) is 0 Å². The van der Waals surface area contributed by atoms with E-state index in [1.807, 2.05) is 13.8 Å². The van der Waals surface area contributed by atoms with Gasteiger partial charge in [-0.1, -0.05) is 12.2 Å². The molecule has 2 rings (SSSR count). The Morgan fingerprint density at radius 3 is 2.42 bits per heavy atom. The van der Waals surface area contributed by atoms with Crippen molar-refractivity contribution in [3.05, 3.63) is 0 Å². The van der Waals surface area contributed by atoms with Gasteiger partial charge in [0, 0.05) is 32.1 Å². The minimum absolute atomic E-state index is 0.0434. The highest BCUT2D eigenvalue weighted by atomic mass is 32.1. The lowest BCUT2D eigenvalue weighted by atomic mass is 10.0. The van der Waals surface area contributed by atoms with E-state index in [2.05, 4.69) is 0 Å². The largest absolute Gasteiger partial charge is 0.393 e. The Kier molecular flexibility index (Phi) is 3.80. The van der Waals surface area contributed by atoms with Gasteiger partial charge in [-0.25, -0.2) is 0 Å². The van der Waals surface area contributed by atoms with Crippen LogP contribution < -0.4 is 5.73 Å². The summed E-state index contributed by atoms with van der Waals surface area (Å²) < 4.78 is 0. The van der Waals surface area contributed by atoms with Crippen molar-refractivity contribution in [2.45, 2.75) is 39.2 Å².